The highest BCUT2D eigenvalue weighted by Crippen LogP contribution is 2.37. The Morgan fingerprint density at radius 3 is 2.48 bits per heavy atom. The molecule has 1 aromatic carbocycles. The number of primary amides is 1. The van der Waals surface area contributed by atoms with Crippen molar-refractivity contribution in [3.8, 4) is 11.1 Å². The number of fused-ring (bicyclic) bond motifs is 1. The van der Waals surface area contributed by atoms with E-state index >= 15 is 0 Å². The van der Waals surface area contributed by atoms with Crippen molar-refractivity contribution >= 4 is 37.3 Å². The fraction of sp³-hybridized carbons (Fsp3) is 0.0714. The Labute approximate surface area is 134 Å². The molecule has 0 aliphatic carbocycles. The van der Waals surface area contributed by atoms with Crippen molar-refractivity contribution < 1.29 is 17.6 Å². The number of thiophene rings is 1. The minimum atomic E-state index is -3.60. The zero-order valence-electron chi connectivity index (χ0n) is 11.8. The molecule has 0 radical (unpaired) electrons. The number of hydrogen-bond acceptors (Lipinski definition) is 6. The Balaban J connectivity index is 2.38. The molecule has 0 unspecified atom stereocenters. The Hall–Kier alpha value is -2.39. The zero-order valence-corrected chi connectivity index (χ0v) is 13.4. The van der Waals surface area contributed by atoms with E-state index in [9.17, 15) is 17.6 Å². The third kappa shape index (κ3) is 2.80. The van der Waals surface area contributed by atoms with Crippen LogP contribution in [-0.4, -0.2) is 30.5 Å². The molecule has 0 atom stereocenters. The van der Waals surface area contributed by atoms with Gasteiger partial charge in [-0.3, -0.25) is 4.79 Å². The lowest BCUT2D eigenvalue weighted by Crippen LogP contribution is -2.10. The first-order valence-corrected chi connectivity index (χ1v) is 9.03. The van der Waals surface area contributed by atoms with E-state index in [-0.39, 0.29) is 10.0 Å². The van der Waals surface area contributed by atoms with Crippen LogP contribution >= 0.6 is 11.3 Å². The molecule has 3 rings (SSSR count). The quantitative estimate of drug-likeness (QED) is 0.727. The summed E-state index contributed by atoms with van der Waals surface area (Å²) >= 11 is 1.06. The van der Waals surface area contributed by atoms with Gasteiger partial charge in [0, 0.05) is 18.0 Å². The third-order valence-electron chi connectivity index (χ3n) is 3.10. The van der Waals surface area contributed by atoms with Gasteiger partial charge in [-0.05, 0) is 17.7 Å². The molecule has 1 amide bonds. The zero-order chi connectivity index (χ0) is 16.8. The SMILES string of the molecule is CS(=O)(=O)c1ncc2sc(C(N)=O)c(-c3ccc(F)cc3)c2n1. The number of benzene rings is 1. The summed E-state index contributed by atoms with van der Waals surface area (Å²) in [6.07, 6.45) is 2.33. The van der Waals surface area contributed by atoms with Crippen molar-refractivity contribution in [3.05, 3.63) is 41.2 Å². The van der Waals surface area contributed by atoms with E-state index in [0.29, 0.717) is 21.3 Å². The molecule has 3 aromatic rings. The highest BCUT2D eigenvalue weighted by atomic mass is 32.2. The third-order valence-corrected chi connectivity index (χ3v) is 5.09. The van der Waals surface area contributed by atoms with E-state index in [0.717, 1.165) is 17.6 Å². The van der Waals surface area contributed by atoms with Gasteiger partial charge in [-0.1, -0.05) is 12.1 Å². The van der Waals surface area contributed by atoms with Crippen LogP contribution in [0.5, 0.6) is 0 Å². The Kier molecular flexibility index (Phi) is 3.61. The second kappa shape index (κ2) is 5.36. The molecule has 0 spiro atoms. The van der Waals surface area contributed by atoms with Gasteiger partial charge >= 0.3 is 0 Å². The number of rotatable bonds is 3. The van der Waals surface area contributed by atoms with Crippen LogP contribution in [0.1, 0.15) is 9.67 Å². The fourth-order valence-electron chi connectivity index (χ4n) is 2.11. The minimum Gasteiger partial charge on any atom is -0.365 e. The van der Waals surface area contributed by atoms with Gasteiger partial charge in [-0.15, -0.1) is 11.3 Å². The molecule has 6 nitrogen and oxygen atoms in total. The molecule has 0 aliphatic rings. The van der Waals surface area contributed by atoms with Crippen LogP contribution in [-0.2, 0) is 9.84 Å². The average molecular weight is 351 g/mol. The van der Waals surface area contributed by atoms with E-state index in [1.165, 1.54) is 30.5 Å². The highest BCUT2D eigenvalue weighted by Gasteiger charge is 2.22. The number of carbonyl (C=O) groups excluding carboxylic acids is 1. The molecule has 9 heteroatoms. The van der Waals surface area contributed by atoms with Crippen LogP contribution in [0, 0.1) is 5.82 Å². The van der Waals surface area contributed by atoms with E-state index in [2.05, 4.69) is 9.97 Å². The lowest BCUT2D eigenvalue weighted by Gasteiger charge is -2.03. The lowest BCUT2D eigenvalue weighted by molar-refractivity contribution is 0.100. The first-order valence-electron chi connectivity index (χ1n) is 6.32. The molecule has 0 saturated carbocycles. The fourth-order valence-corrected chi connectivity index (χ4v) is 3.60. The molecule has 23 heavy (non-hydrogen) atoms. The van der Waals surface area contributed by atoms with Crippen molar-refractivity contribution in [3.63, 3.8) is 0 Å². The predicted octanol–water partition coefficient (Wildman–Crippen LogP) is 2.00. The van der Waals surface area contributed by atoms with Gasteiger partial charge in [-0.25, -0.2) is 22.8 Å². The summed E-state index contributed by atoms with van der Waals surface area (Å²) in [6, 6.07) is 5.43. The summed E-state index contributed by atoms with van der Waals surface area (Å²) in [4.78, 5) is 19.8. The molecule has 2 heterocycles. The number of amides is 1. The molecular weight excluding hydrogens is 341 g/mol. The first-order chi connectivity index (χ1) is 10.8. The van der Waals surface area contributed by atoms with Crippen molar-refractivity contribution in [1.29, 1.82) is 0 Å². The second-order valence-corrected chi connectivity index (χ2v) is 7.78. The molecule has 2 N–H and O–H groups in total. The maximum absolute atomic E-state index is 13.1. The van der Waals surface area contributed by atoms with Gasteiger partial charge in [0.15, 0.2) is 0 Å². The van der Waals surface area contributed by atoms with Crippen LogP contribution in [0.4, 0.5) is 4.39 Å². The molecule has 0 saturated heterocycles. The van der Waals surface area contributed by atoms with Crippen molar-refractivity contribution in [2.24, 2.45) is 5.73 Å². The maximum atomic E-state index is 13.1. The Morgan fingerprint density at radius 2 is 1.91 bits per heavy atom. The molecule has 0 bridgehead atoms. The number of nitrogens with zero attached hydrogens (tertiary/aromatic N) is 2. The van der Waals surface area contributed by atoms with Gasteiger partial charge in [0.2, 0.25) is 15.0 Å². The van der Waals surface area contributed by atoms with E-state index in [1.54, 1.807) is 0 Å². The van der Waals surface area contributed by atoms with Crippen LogP contribution in [0.15, 0.2) is 35.6 Å². The van der Waals surface area contributed by atoms with Gasteiger partial charge in [-0.2, -0.15) is 0 Å². The summed E-state index contributed by atoms with van der Waals surface area (Å²) < 4.78 is 36.9. The smallest absolute Gasteiger partial charge is 0.259 e. The maximum Gasteiger partial charge on any atom is 0.259 e. The summed E-state index contributed by atoms with van der Waals surface area (Å²) in [6.45, 7) is 0. The molecule has 2 aromatic heterocycles. The van der Waals surface area contributed by atoms with Gasteiger partial charge < -0.3 is 5.73 Å². The van der Waals surface area contributed by atoms with Gasteiger partial charge in [0.25, 0.3) is 5.91 Å². The predicted molar refractivity (Wildman–Crippen MR) is 84.4 cm³/mol. The number of nitrogens with two attached hydrogens (primary N) is 1. The first kappa shape index (κ1) is 15.5. The summed E-state index contributed by atoms with van der Waals surface area (Å²) in [5.74, 6) is -1.10. The number of hydrogen-bond donors (Lipinski definition) is 1. The van der Waals surface area contributed by atoms with Gasteiger partial charge in [0.1, 0.15) is 10.7 Å². The van der Waals surface area contributed by atoms with Crippen molar-refractivity contribution in [1.82, 2.24) is 9.97 Å². The molecule has 118 valence electrons. The second-order valence-electron chi connectivity index (χ2n) is 4.81. The van der Waals surface area contributed by atoms with Crippen LogP contribution in [0.2, 0.25) is 0 Å². The van der Waals surface area contributed by atoms with Crippen molar-refractivity contribution in [2.75, 3.05) is 6.26 Å². The van der Waals surface area contributed by atoms with E-state index < -0.39 is 21.6 Å². The summed E-state index contributed by atoms with van der Waals surface area (Å²) in [5, 5.41) is -0.345. The minimum absolute atomic E-state index is 0.214. The largest absolute Gasteiger partial charge is 0.365 e. The summed E-state index contributed by atoms with van der Waals surface area (Å²) in [5.41, 5.74) is 6.60. The Bertz CT molecular complexity index is 1030. The topological polar surface area (TPSA) is 103 Å². The van der Waals surface area contributed by atoms with Crippen LogP contribution in [0.3, 0.4) is 0 Å². The number of sulfone groups is 1. The number of aromatic nitrogens is 2. The van der Waals surface area contributed by atoms with Crippen LogP contribution < -0.4 is 5.73 Å². The Morgan fingerprint density at radius 1 is 1.26 bits per heavy atom. The lowest BCUT2D eigenvalue weighted by atomic mass is 10.0. The van der Waals surface area contributed by atoms with E-state index in [4.69, 9.17) is 5.73 Å². The number of halogens is 1. The molecular formula is C14H10FN3O3S2. The number of carbonyl (C=O) groups is 1. The average Bonchev–Trinajstić information content (AvgIpc) is 2.86. The van der Waals surface area contributed by atoms with E-state index in [1.807, 2.05) is 0 Å². The van der Waals surface area contributed by atoms with Gasteiger partial charge in [0.05, 0.1) is 10.2 Å². The monoisotopic (exact) mass is 351 g/mol. The molecule has 0 fully saturated rings. The standard InChI is InChI=1S/C14H10FN3O3S2/c1-23(20,21)14-17-6-9-11(18-14)10(12(22-9)13(16)19)7-2-4-8(15)5-3-7/h2-6H,1H3,(H2,16,19). The normalized spacial score (nSPS) is 11.7. The summed E-state index contributed by atoms with van der Waals surface area (Å²) in [7, 11) is -3.60. The van der Waals surface area contributed by atoms with Crippen molar-refractivity contribution in [2.45, 2.75) is 5.16 Å². The highest BCUT2D eigenvalue weighted by molar-refractivity contribution is 7.90. The molecule has 0 aliphatic heterocycles. The van der Waals surface area contributed by atoms with Crippen LogP contribution in [0.25, 0.3) is 21.3 Å².